The molecule has 0 spiro atoms. The first-order valence-electron chi connectivity index (χ1n) is 2.21. The van der Waals surface area contributed by atoms with Gasteiger partial charge in [0.05, 0.1) is 0 Å². The highest BCUT2D eigenvalue weighted by Crippen LogP contribution is 1.86. The SMILES string of the molecule is [O]C(O)CC=CC=O. The second-order valence-electron chi connectivity index (χ2n) is 1.25. The molecule has 3 nitrogen and oxygen atoms in total. The van der Waals surface area contributed by atoms with Gasteiger partial charge >= 0.3 is 0 Å². The Bertz CT molecular complexity index is 85.7. The van der Waals surface area contributed by atoms with Gasteiger partial charge in [-0.2, -0.15) is 0 Å². The molecule has 0 rings (SSSR count). The van der Waals surface area contributed by atoms with Gasteiger partial charge in [0, 0.05) is 6.42 Å². The summed E-state index contributed by atoms with van der Waals surface area (Å²) in [5.74, 6) is 0. The van der Waals surface area contributed by atoms with Gasteiger partial charge in [-0.25, -0.2) is 5.11 Å². The summed E-state index contributed by atoms with van der Waals surface area (Å²) in [7, 11) is 0. The molecule has 0 saturated heterocycles. The molecule has 0 aliphatic heterocycles. The molecule has 1 radical (unpaired) electrons. The van der Waals surface area contributed by atoms with Gasteiger partial charge in [0.25, 0.3) is 0 Å². The molecule has 0 saturated carbocycles. The molecule has 0 aromatic heterocycles. The van der Waals surface area contributed by atoms with Crippen molar-refractivity contribution in [3.8, 4) is 0 Å². The van der Waals surface area contributed by atoms with Crippen LogP contribution in [0.3, 0.4) is 0 Å². The van der Waals surface area contributed by atoms with Crippen LogP contribution >= 0.6 is 0 Å². The third-order valence-electron chi connectivity index (χ3n) is 0.552. The summed E-state index contributed by atoms with van der Waals surface area (Å²) in [6.07, 6.45) is 1.47. The van der Waals surface area contributed by atoms with Crippen LogP contribution in [0.1, 0.15) is 6.42 Å². The lowest BCUT2D eigenvalue weighted by Crippen LogP contribution is -1.98. The lowest BCUT2D eigenvalue weighted by Gasteiger charge is -1.89. The molecule has 3 heteroatoms. The lowest BCUT2D eigenvalue weighted by molar-refractivity contribution is -0.104. The molecule has 0 aromatic carbocycles. The van der Waals surface area contributed by atoms with Crippen LogP contribution in [0, 0.1) is 0 Å². The maximum atomic E-state index is 9.79. The summed E-state index contributed by atoms with van der Waals surface area (Å²) in [5.41, 5.74) is 0. The number of allylic oxidation sites excluding steroid dienone is 1. The first-order valence-corrected chi connectivity index (χ1v) is 2.21. The Kier molecular flexibility index (Phi) is 4.11. The zero-order chi connectivity index (χ0) is 6.41. The molecule has 0 fully saturated rings. The first-order chi connectivity index (χ1) is 3.77. The standard InChI is InChI=1S/C5H7O3/c6-4-2-1-3-5(7)8/h1-2,4-5,7H,3H2. The minimum absolute atomic E-state index is 0.00125. The first kappa shape index (κ1) is 7.33. The van der Waals surface area contributed by atoms with Crippen LogP contribution in [0.4, 0.5) is 0 Å². The Hall–Kier alpha value is -0.670. The van der Waals surface area contributed by atoms with Gasteiger partial charge in [0.1, 0.15) is 6.29 Å². The molecule has 0 aliphatic carbocycles. The predicted octanol–water partition coefficient (Wildman–Crippen LogP) is -0.119. The summed E-state index contributed by atoms with van der Waals surface area (Å²) in [5, 5.41) is 17.8. The van der Waals surface area contributed by atoms with E-state index in [-0.39, 0.29) is 6.42 Å². The molecule has 0 aliphatic rings. The molecule has 1 unspecified atom stereocenters. The number of rotatable bonds is 3. The molecular weight excluding hydrogens is 108 g/mol. The Morgan fingerprint density at radius 3 is 2.62 bits per heavy atom. The number of hydrogen-bond donors (Lipinski definition) is 1. The fourth-order valence-corrected chi connectivity index (χ4v) is 0.251. The maximum absolute atomic E-state index is 9.79. The minimum Gasteiger partial charge on any atom is -0.365 e. The number of hydrogen-bond acceptors (Lipinski definition) is 2. The summed E-state index contributed by atoms with van der Waals surface area (Å²) in [6, 6.07) is 0. The predicted molar refractivity (Wildman–Crippen MR) is 26.5 cm³/mol. The van der Waals surface area contributed by atoms with E-state index in [2.05, 4.69) is 0 Å². The molecular formula is C5H7O3. The van der Waals surface area contributed by atoms with Crippen molar-refractivity contribution in [1.82, 2.24) is 0 Å². The normalized spacial score (nSPS) is 10.9. The largest absolute Gasteiger partial charge is 0.365 e. The van der Waals surface area contributed by atoms with Crippen molar-refractivity contribution in [2.24, 2.45) is 0 Å². The number of aliphatic hydroxyl groups is 1. The van der Waals surface area contributed by atoms with Crippen molar-refractivity contribution < 1.29 is 15.0 Å². The fraction of sp³-hybridized carbons (Fsp3) is 0.400. The van der Waals surface area contributed by atoms with Crippen molar-refractivity contribution in [2.75, 3.05) is 0 Å². The van der Waals surface area contributed by atoms with E-state index >= 15 is 0 Å². The van der Waals surface area contributed by atoms with Gasteiger partial charge in [-0.3, -0.25) is 4.79 Å². The van der Waals surface area contributed by atoms with Crippen molar-refractivity contribution in [2.45, 2.75) is 12.7 Å². The van der Waals surface area contributed by atoms with Crippen LogP contribution in [-0.2, 0) is 9.90 Å². The van der Waals surface area contributed by atoms with Gasteiger partial charge in [-0.1, -0.05) is 6.08 Å². The Balaban J connectivity index is 3.15. The van der Waals surface area contributed by atoms with E-state index in [1.54, 1.807) is 0 Å². The third kappa shape index (κ3) is 5.33. The molecule has 0 bridgehead atoms. The highest BCUT2D eigenvalue weighted by molar-refractivity contribution is 5.64. The Labute approximate surface area is 47.3 Å². The molecule has 1 atom stereocenters. The lowest BCUT2D eigenvalue weighted by atomic mass is 10.4. The zero-order valence-electron chi connectivity index (χ0n) is 4.28. The third-order valence-corrected chi connectivity index (χ3v) is 0.552. The second-order valence-corrected chi connectivity index (χ2v) is 1.25. The van der Waals surface area contributed by atoms with Crippen LogP contribution in [0.25, 0.3) is 0 Å². The van der Waals surface area contributed by atoms with Crippen LogP contribution in [0.15, 0.2) is 12.2 Å². The smallest absolute Gasteiger partial charge is 0.192 e. The van der Waals surface area contributed by atoms with Gasteiger partial charge < -0.3 is 5.11 Å². The fourth-order valence-electron chi connectivity index (χ4n) is 0.251. The summed E-state index contributed by atoms with van der Waals surface area (Å²) in [6.45, 7) is 0. The monoisotopic (exact) mass is 115 g/mol. The number of aliphatic hydroxyl groups excluding tert-OH is 1. The second kappa shape index (κ2) is 4.49. The van der Waals surface area contributed by atoms with Crippen LogP contribution in [0.2, 0.25) is 0 Å². The van der Waals surface area contributed by atoms with E-state index in [9.17, 15) is 9.90 Å². The van der Waals surface area contributed by atoms with Crippen LogP contribution < -0.4 is 0 Å². The van der Waals surface area contributed by atoms with E-state index in [1.807, 2.05) is 0 Å². The summed E-state index contributed by atoms with van der Waals surface area (Å²) >= 11 is 0. The minimum atomic E-state index is -1.59. The van der Waals surface area contributed by atoms with Crippen molar-refractivity contribution in [1.29, 1.82) is 0 Å². The molecule has 0 aromatic rings. The van der Waals surface area contributed by atoms with Crippen molar-refractivity contribution >= 4 is 6.29 Å². The van der Waals surface area contributed by atoms with Crippen LogP contribution in [-0.4, -0.2) is 17.7 Å². The number of carbonyl (C=O) groups is 1. The highest BCUT2D eigenvalue weighted by atomic mass is 16.5. The summed E-state index contributed by atoms with van der Waals surface area (Å²) < 4.78 is 0. The quantitative estimate of drug-likeness (QED) is 0.316. The molecule has 0 heterocycles. The van der Waals surface area contributed by atoms with Crippen LogP contribution in [0.5, 0.6) is 0 Å². The summed E-state index contributed by atoms with van der Waals surface area (Å²) in [4.78, 5) is 9.52. The molecule has 8 heavy (non-hydrogen) atoms. The average Bonchev–Trinajstić information content (AvgIpc) is 1.66. The molecule has 1 N–H and O–H groups in total. The van der Waals surface area contributed by atoms with E-state index in [0.29, 0.717) is 6.29 Å². The van der Waals surface area contributed by atoms with Crippen molar-refractivity contribution in [3.05, 3.63) is 12.2 Å². The van der Waals surface area contributed by atoms with Gasteiger partial charge in [0.15, 0.2) is 6.29 Å². The van der Waals surface area contributed by atoms with Gasteiger partial charge in [-0.15, -0.1) is 0 Å². The average molecular weight is 115 g/mol. The van der Waals surface area contributed by atoms with Gasteiger partial charge in [0.2, 0.25) is 0 Å². The zero-order valence-corrected chi connectivity index (χ0v) is 4.28. The van der Waals surface area contributed by atoms with E-state index in [0.717, 1.165) is 0 Å². The van der Waals surface area contributed by atoms with Crippen molar-refractivity contribution in [3.63, 3.8) is 0 Å². The van der Waals surface area contributed by atoms with E-state index in [1.165, 1.54) is 12.2 Å². The topological polar surface area (TPSA) is 57.2 Å². The number of aldehydes is 1. The van der Waals surface area contributed by atoms with Gasteiger partial charge in [-0.05, 0) is 6.08 Å². The highest BCUT2D eigenvalue weighted by Gasteiger charge is 1.91. The van der Waals surface area contributed by atoms with E-state index in [4.69, 9.17) is 5.11 Å². The molecule has 0 amide bonds. The number of carbonyl (C=O) groups excluding carboxylic acids is 1. The maximum Gasteiger partial charge on any atom is 0.192 e. The Morgan fingerprint density at radius 2 is 2.25 bits per heavy atom. The molecule has 45 valence electrons. The Morgan fingerprint density at radius 1 is 1.62 bits per heavy atom. The van der Waals surface area contributed by atoms with E-state index < -0.39 is 6.29 Å².